The molecule has 0 aliphatic carbocycles. The smallest absolute Gasteiger partial charge is 0.320 e. The highest BCUT2D eigenvalue weighted by Gasteiger charge is 2.30. The lowest BCUT2D eigenvalue weighted by atomic mass is 10.2. The number of carboxylic acid groups (broad SMARTS) is 1. The number of hydrogen-bond acceptors (Lipinski definition) is 4. The minimum Gasteiger partial charge on any atom is -0.480 e. The van der Waals surface area contributed by atoms with Crippen molar-refractivity contribution in [3.05, 3.63) is 15.6 Å². The van der Waals surface area contributed by atoms with E-state index in [1.807, 2.05) is 18.7 Å². The summed E-state index contributed by atoms with van der Waals surface area (Å²) in [6.45, 7) is 5.59. The average molecular weight is 240 g/mol. The van der Waals surface area contributed by atoms with Crippen LogP contribution in [0.4, 0.5) is 0 Å². The number of aromatic nitrogens is 1. The van der Waals surface area contributed by atoms with Gasteiger partial charge in [0, 0.05) is 11.4 Å². The molecule has 2 rings (SSSR count). The first-order chi connectivity index (χ1) is 7.58. The van der Waals surface area contributed by atoms with E-state index in [0.29, 0.717) is 0 Å². The fourth-order valence-corrected chi connectivity index (χ4v) is 3.16. The topological polar surface area (TPSA) is 53.4 Å². The lowest BCUT2D eigenvalue weighted by molar-refractivity contribution is -0.142. The molecule has 0 bridgehead atoms. The van der Waals surface area contributed by atoms with Gasteiger partial charge in [-0.3, -0.25) is 9.69 Å². The van der Waals surface area contributed by atoms with E-state index in [1.165, 1.54) is 4.88 Å². The highest BCUT2D eigenvalue weighted by atomic mass is 32.1. The molecule has 16 heavy (non-hydrogen) atoms. The van der Waals surface area contributed by atoms with Crippen LogP contribution in [0.5, 0.6) is 0 Å². The Kier molecular flexibility index (Phi) is 3.25. The van der Waals surface area contributed by atoms with Crippen molar-refractivity contribution >= 4 is 17.3 Å². The number of aryl methyl sites for hydroxylation is 2. The lowest BCUT2D eigenvalue weighted by Crippen LogP contribution is -2.35. The van der Waals surface area contributed by atoms with Gasteiger partial charge in [-0.05, 0) is 33.2 Å². The van der Waals surface area contributed by atoms with Crippen LogP contribution in [0.3, 0.4) is 0 Å². The predicted molar refractivity (Wildman–Crippen MR) is 62.7 cm³/mol. The molecule has 1 aromatic heterocycles. The van der Waals surface area contributed by atoms with Crippen LogP contribution < -0.4 is 0 Å². The second kappa shape index (κ2) is 4.51. The summed E-state index contributed by atoms with van der Waals surface area (Å²) in [5, 5.41) is 10.1. The summed E-state index contributed by atoms with van der Waals surface area (Å²) >= 11 is 1.67. The Balaban J connectivity index is 2.09. The molecule has 4 nitrogen and oxygen atoms in total. The molecule has 1 atom stereocenters. The van der Waals surface area contributed by atoms with E-state index in [1.54, 1.807) is 11.3 Å². The number of aliphatic carboxylic acids is 1. The van der Waals surface area contributed by atoms with Crippen LogP contribution >= 0.6 is 11.3 Å². The van der Waals surface area contributed by atoms with E-state index >= 15 is 0 Å². The molecule has 0 spiro atoms. The monoisotopic (exact) mass is 240 g/mol. The van der Waals surface area contributed by atoms with E-state index in [0.717, 1.165) is 36.6 Å². The summed E-state index contributed by atoms with van der Waals surface area (Å²) in [5.74, 6) is -0.698. The zero-order chi connectivity index (χ0) is 11.7. The summed E-state index contributed by atoms with van der Waals surface area (Å²) in [6.07, 6.45) is 1.75. The molecule has 5 heteroatoms. The number of nitrogens with zero attached hydrogens (tertiary/aromatic N) is 2. The first-order valence-corrected chi connectivity index (χ1v) is 6.29. The van der Waals surface area contributed by atoms with Crippen molar-refractivity contribution in [1.82, 2.24) is 9.88 Å². The van der Waals surface area contributed by atoms with Crippen LogP contribution in [-0.4, -0.2) is 33.5 Å². The maximum atomic E-state index is 11.0. The van der Waals surface area contributed by atoms with Crippen molar-refractivity contribution in [3.8, 4) is 0 Å². The molecule has 1 N–H and O–H groups in total. The zero-order valence-corrected chi connectivity index (χ0v) is 10.4. The Morgan fingerprint density at radius 3 is 2.94 bits per heavy atom. The SMILES string of the molecule is Cc1nc(C)c(CN2CCC[C@H]2C(=O)O)s1. The fourth-order valence-electron chi connectivity index (χ4n) is 2.20. The van der Waals surface area contributed by atoms with Gasteiger partial charge in [-0.15, -0.1) is 11.3 Å². The van der Waals surface area contributed by atoms with Crippen LogP contribution in [-0.2, 0) is 11.3 Å². The standard InChI is InChI=1S/C11H16N2O2S/c1-7-10(16-8(2)12-7)6-13-5-3-4-9(13)11(14)15/h9H,3-6H2,1-2H3,(H,14,15)/t9-/m0/s1. The van der Waals surface area contributed by atoms with Gasteiger partial charge in [-0.1, -0.05) is 0 Å². The van der Waals surface area contributed by atoms with E-state index in [4.69, 9.17) is 5.11 Å². The van der Waals surface area contributed by atoms with Crippen molar-refractivity contribution in [3.63, 3.8) is 0 Å². The Hall–Kier alpha value is -0.940. The molecule has 0 amide bonds. The molecule has 0 radical (unpaired) electrons. The van der Waals surface area contributed by atoms with Gasteiger partial charge in [0.2, 0.25) is 0 Å². The van der Waals surface area contributed by atoms with Crippen molar-refractivity contribution in [2.45, 2.75) is 39.3 Å². The van der Waals surface area contributed by atoms with Gasteiger partial charge in [0.1, 0.15) is 6.04 Å². The molecule has 0 saturated carbocycles. The normalized spacial score (nSPS) is 21.5. The quantitative estimate of drug-likeness (QED) is 0.875. The molecule has 2 heterocycles. The minimum atomic E-state index is -0.698. The van der Waals surface area contributed by atoms with Gasteiger partial charge in [0.25, 0.3) is 0 Å². The number of likely N-dealkylation sites (tertiary alicyclic amines) is 1. The van der Waals surface area contributed by atoms with E-state index in [9.17, 15) is 4.79 Å². The van der Waals surface area contributed by atoms with Crippen LogP contribution in [0.15, 0.2) is 0 Å². The average Bonchev–Trinajstić information content (AvgIpc) is 2.75. The molecule has 0 aromatic carbocycles. The number of hydrogen-bond donors (Lipinski definition) is 1. The highest BCUT2D eigenvalue weighted by Crippen LogP contribution is 2.24. The van der Waals surface area contributed by atoms with Crippen LogP contribution in [0.1, 0.15) is 28.4 Å². The van der Waals surface area contributed by atoms with Crippen LogP contribution in [0.2, 0.25) is 0 Å². The largest absolute Gasteiger partial charge is 0.480 e. The molecule has 88 valence electrons. The van der Waals surface area contributed by atoms with E-state index < -0.39 is 5.97 Å². The molecule has 1 aromatic rings. The molecular formula is C11H16N2O2S. The maximum Gasteiger partial charge on any atom is 0.320 e. The summed E-state index contributed by atoms with van der Waals surface area (Å²) in [7, 11) is 0. The first-order valence-electron chi connectivity index (χ1n) is 5.47. The lowest BCUT2D eigenvalue weighted by Gasteiger charge is -2.20. The fraction of sp³-hybridized carbons (Fsp3) is 0.636. The minimum absolute atomic E-state index is 0.304. The van der Waals surface area contributed by atoms with Crippen molar-refractivity contribution in [1.29, 1.82) is 0 Å². The predicted octanol–water partition coefficient (Wildman–Crippen LogP) is 1.81. The van der Waals surface area contributed by atoms with Gasteiger partial charge in [0.05, 0.1) is 10.7 Å². The number of carboxylic acids is 1. The van der Waals surface area contributed by atoms with Crippen LogP contribution in [0, 0.1) is 13.8 Å². The summed E-state index contributed by atoms with van der Waals surface area (Å²) < 4.78 is 0. The molecule has 1 saturated heterocycles. The van der Waals surface area contributed by atoms with Gasteiger partial charge in [0.15, 0.2) is 0 Å². The Morgan fingerprint density at radius 1 is 1.62 bits per heavy atom. The third kappa shape index (κ3) is 2.25. The second-order valence-corrected chi connectivity index (χ2v) is 5.50. The number of rotatable bonds is 3. The van der Waals surface area contributed by atoms with Crippen molar-refractivity contribution in [2.24, 2.45) is 0 Å². The molecule has 0 unspecified atom stereocenters. The Bertz CT molecular complexity index is 403. The third-order valence-corrected chi connectivity index (χ3v) is 4.05. The Morgan fingerprint density at radius 2 is 2.38 bits per heavy atom. The van der Waals surface area contributed by atoms with E-state index in [2.05, 4.69) is 4.98 Å². The molecule has 1 aliphatic heterocycles. The van der Waals surface area contributed by atoms with Gasteiger partial charge < -0.3 is 5.11 Å². The number of carbonyl (C=O) groups is 1. The highest BCUT2D eigenvalue weighted by molar-refractivity contribution is 7.11. The van der Waals surface area contributed by atoms with Gasteiger partial charge in [-0.2, -0.15) is 0 Å². The second-order valence-electron chi connectivity index (χ2n) is 4.21. The summed E-state index contributed by atoms with van der Waals surface area (Å²) in [4.78, 5) is 18.6. The molecular weight excluding hydrogens is 224 g/mol. The summed E-state index contributed by atoms with van der Waals surface area (Å²) in [6, 6.07) is -0.304. The maximum absolute atomic E-state index is 11.0. The third-order valence-electron chi connectivity index (χ3n) is 3.00. The van der Waals surface area contributed by atoms with Gasteiger partial charge >= 0.3 is 5.97 Å². The number of thiazole rings is 1. The van der Waals surface area contributed by atoms with Crippen LogP contribution in [0.25, 0.3) is 0 Å². The van der Waals surface area contributed by atoms with E-state index in [-0.39, 0.29) is 6.04 Å². The van der Waals surface area contributed by atoms with Gasteiger partial charge in [-0.25, -0.2) is 4.98 Å². The van der Waals surface area contributed by atoms with Crippen molar-refractivity contribution in [2.75, 3.05) is 6.54 Å². The van der Waals surface area contributed by atoms with Crippen molar-refractivity contribution < 1.29 is 9.90 Å². The Labute approximate surface area is 98.9 Å². The first kappa shape index (κ1) is 11.5. The molecule has 1 aliphatic rings. The molecule has 1 fully saturated rings. The summed E-state index contributed by atoms with van der Waals surface area (Å²) in [5.41, 5.74) is 1.04. The zero-order valence-electron chi connectivity index (χ0n) is 9.56.